The minimum Gasteiger partial charge on any atom is -0.350 e. The van der Waals surface area contributed by atoms with Crippen LogP contribution in [0.25, 0.3) is 0 Å². The van der Waals surface area contributed by atoms with E-state index in [2.05, 4.69) is 5.32 Å². The lowest BCUT2D eigenvalue weighted by Crippen LogP contribution is -2.52. The Bertz CT molecular complexity index is 767. The minimum atomic E-state index is -0.587. The van der Waals surface area contributed by atoms with Crippen molar-refractivity contribution >= 4 is 23.4 Å². The summed E-state index contributed by atoms with van der Waals surface area (Å²) in [4.78, 5) is 27.3. The second-order valence-electron chi connectivity index (χ2n) is 7.73. The van der Waals surface area contributed by atoms with Crippen LogP contribution in [0, 0.1) is 0 Å². The van der Waals surface area contributed by atoms with Gasteiger partial charge in [0.15, 0.2) is 0 Å². The fourth-order valence-electron chi connectivity index (χ4n) is 2.72. The molecule has 0 fully saturated rings. The molecule has 1 N–H and O–H groups in total. The summed E-state index contributed by atoms with van der Waals surface area (Å²) in [6.07, 6.45) is 0.252. The van der Waals surface area contributed by atoms with E-state index in [4.69, 9.17) is 11.6 Å². The van der Waals surface area contributed by atoms with Crippen molar-refractivity contribution in [3.63, 3.8) is 0 Å². The molecule has 1 atom stereocenters. The summed E-state index contributed by atoms with van der Waals surface area (Å²) in [7, 11) is 0. The quantitative estimate of drug-likeness (QED) is 0.808. The van der Waals surface area contributed by atoms with Crippen molar-refractivity contribution in [2.24, 2.45) is 0 Å². The molecule has 0 spiro atoms. The molecule has 144 valence electrons. The summed E-state index contributed by atoms with van der Waals surface area (Å²) in [6, 6.07) is 16.3. The molecule has 1 unspecified atom stereocenters. The highest BCUT2D eigenvalue weighted by atomic mass is 35.5. The Kier molecular flexibility index (Phi) is 7.03. The lowest BCUT2D eigenvalue weighted by Gasteiger charge is -2.31. The molecule has 2 amide bonds. The van der Waals surface area contributed by atoms with E-state index in [1.54, 1.807) is 24.0 Å². The van der Waals surface area contributed by atoms with E-state index in [9.17, 15) is 9.59 Å². The smallest absolute Gasteiger partial charge is 0.242 e. The first-order valence-electron chi connectivity index (χ1n) is 9.05. The van der Waals surface area contributed by atoms with Gasteiger partial charge in [-0.3, -0.25) is 9.59 Å². The number of rotatable bonds is 6. The Hall–Kier alpha value is -2.33. The second kappa shape index (κ2) is 9.05. The second-order valence-corrected chi connectivity index (χ2v) is 8.16. The summed E-state index contributed by atoms with van der Waals surface area (Å²) in [5.41, 5.74) is 1.49. The number of halogens is 1. The number of hydrogen-bond donors (Lipinski definition) is 1. The fraction of sp³-hybridized carbons (Fsp3) is 0.364. The Morgan fingerprint density at radius 3 is 2.15 bits per heavy atom. The van der Waals surface area contributed by atoms with Gasteiger partial charge in [0.05, 0.1) is 6.42 Å². The maximum atomic E-state index is 13.0. The summed E-state index contributed by atoms with van der Waals surface area (Å²) >= 11 is 5.96. The standard InChI is InChI=1S/C22H27ClN2O2/c1-16(21(27)24-22(2,3)4)25(15-18-10-12-19(23)13-11-18)20(26)14-17-8-6-5-7-9-17/h5-13,16H,14-15H2,1-4H3,(H,24,27). The number of amides is 2. The first-order chi connectivity index (χ1) is 12.7. The van der Waals surface area contributed by atoms with E-state index in [-0.39, 0.29) is 23.8 Å². The summed E-state index contributed by atoms with van der Waals surface area (Å²) < 4.78 is 0. The topological polar surface area (TPSA) is 49.4 Å². The molecule has 0 aliphatic rings. The van der Waals surface area contributed by atoms with Crippen LogP contribution in [-0.4, -0.2) is 28.3 Å². The first-order valence-corrected chi connectivity index (χ1v) is 9.43. The molecule has 0 aliphatic carbocycles. The van der Waals surface area contributed by atoms with Crippen molar-refractivity contribution in [3.8, 4) is 0 Å². The third-order valence-corrected chi connectivity index (χ3v) is 4.38. The molecular formula is C22H27ClN2O2. The Morgan fingerprint density at radius 2 is 1.59 bits per heavy atom. The lowest BCUT2D eigenvalue weighted by molar-refractivity contribution is -0.140. The average molecular weight is 387 g/mol. The molecule has 4 nitrogen and oxygen atoms in total. The molecule has 2 rings (SSSR count). The molecule has 5 heteroatoms. The summed E-state index contributed by atoms with van der Waals surface area (Å²) in [6.45, 7) is 7.88. The molecule has 0 aromatic heterocycles. The molecule has 0 aliphatic heterocycles. The van der Waals surface area contributed by atoms with Gasteiger partial charge in [0.1, 0.15) is 6.04 Å². The molecule has 0 heterocycles. The number of carbonyl (C=O) groups is 2. The van der Waals surface area contributed by atoms with Gasteiger partial charge in [-0.25, -0.2) is 0 Å². The number of carbonyl (C=O) groups excluding carboxylic acids is 2. The van der Waals surface area contributed by atoms with Crippen molar-refractivity contribution in [2.75, 3.05) is 0 Å². The number of hydrogen-bond acceptors (Lipinski definition) is 2. The molecule has 0 bridgehead atoms. The van der Waals surface area contributed by atoms with Crippen molar-refractivity contribution in [3.05, 3.63) is 70.7 Å². The maximum Gasteiger partial charge on any atom is 0.242 e. The van der Waals surface area contributed by atoms with Gasteiger partial charge in [-0.15, -0.1) is 0 Å². The van der Waals surface area contributed by atoms with Gasteiger partial charge < -0.3 is 10.2 Å². The first kappa shape index (κ1) is 21.0. The van der Waals surface area contributed by atoms with E-state index in [1.165, 1.54) is 0 Å². The molecule has 2 aromatic carbocycles. The van der Waals surface area contributed by atoms with Crippen LogP contribution < -0.4 is 5.32 Å². The SMILES string of the molecule is CC(C(=O)NC(C)(C)C)N(Cc1ccc(Cl)cc1)C(=O)Cc1ccccc1. The molecule has 0 saturated heterocycles. The van der Waals surface area contributed by atoms with Gasteiger partial charge in [-0.1, -0.05) is 54.1 Å². The molecule has 27 heavy (non-hydrogen) atoms. The van der Waals surface area contributed by atoms with E-state index in [0.717, 1.165) is 11.1 Å². The van der Waals surface area contributed by atoms with E-state index < -0.39 is 6.04 Å². The van der Waals surface area contributed by atoms with Crippen molar-refractivity contribution < 1.29 is 9.59 Å². The number of benzene rings is 2. The van der Waals surface area contributed by atoms with Gasteiger partial charge in [0.25, 0.3) is 0 Å². The maximum absolute atomic E-state index is 13.0. The normalized spacial score (nSPS) is 12.3. The highest BCUT2D eigenvalue weighted by Gasteiger charge is 2.28. The van der Waals surface area contributed by atoms with Gasteiger partial charge in [-0.05, 0) is 51.0 Å². The largest absolute Gasteiger partial charge is 0.350 e. The summed E-state index contributed by atoms with van der Waals surface area (Å²) in [5.74, 6) is -0.259. The third-order valence-electron chi connectivity index (χ3n) is 4.13. The van der Waals surface area contributed by atoms with E-state index in [1.807, 2.05) is 63.2 Å². The number of nitrogens with one attached hydrogen (secondary N) is 1. The van der Waals surface area contributed by atoms with Crippen LogP contribution >= 0.6 is 11.6 Å². The zero-order chi connectivity index (χ0) is 20.0. The highest BCUT2D eigenvalue weighted by Crippen LogP contribution is 2.16. The predicted molar refractivity (Wildman–Crippen MR) is 110 cm³/mol. The summed E-state index contributed by atoms with van der Waals surface area (Å²) in [5, 5.41) is 3.60. The average Bonchev–Trinajstić information content (AvgIpc) is 2.60. The van der Waals surface area contributed by atoms with E-state index >= 15 is 0 Å². The third kappa shape index (κ3) is 6.72. The monoisotopic (exact) mass is 386 g/mol. The van der Waals surface area contributed by atoms with Crippen LogP contribution in [-0.2, 0) is 22.6 Å². The molecular weight excluding hydrogens is 360 g/mol. The van der Waals surface area contributed by atoms with Crippen LogP contribution in [0.1, 0.15) is 38.8 Å². The van der Waals surface area contributed by atoms with Crippen LogP contribution in [0.2, 0.25) is 5.02 Å². The van der Waals surface area contributed by atoms with E-state index in [0.29, 0.717) is 11.6 Å². The Labute approximate surface area is 166 Å². The van der Waals surface area contributed by atoms with Crippen LogP contribution in [0.15, 0.2) is 54.6 Å². The van der Waals surface area contributed by atoms with Crippen LogP contribution in [0.4, 0.5) is 0 Å². The van der Waals surface area contributed by atoms with Gasteiger partial charge in [-0.2, -0.15) is 0 Å². The van der Waals surface area contributed by atoms with Gasteiger partial charge in [0.2, 0.25) is 11.8 Å². The minimum absolute atomic E-state index is 0.0901. The van der Waals surface area contributed by atoms with Crippen LogP contribution in [0.3, 0.4) is 0 Å². The van der Waals surface area contributed by atoms with Crippen molar-refractivity contribution in [2.45, 2.75) is 52.2 Å². The van der Waals surface area contributed by atoms with Crippen molar-refractivity contribution in [1.82, 2.24) is 10.2 Å². The molecule has 2 aromatic rings. The van der Waals surface area contributed by atoms with Gasteiger partial charge in [0, 0.05) is 17.1 Å². The lowest BCUT2D eigenvalue weighted by atomic mass is 10.1. The van der Waals surface area contributed by atoms with Gasteiger partial charge >= 0.3 is 0 Å². The highest BCUT2D eigenvalue weighted by molar-refractivity contribution is 6.30. The fourth-order valence-corrected chi connectivity index (χ4v) is 2.84. The number of nitrogens with zero attached hydrogens (tertiary/aromatic N) is 1. The zero-order valence-electron chi connectivity index (χ0n) is 16.3. The zero-order valence-corrected chi connectivity index (χ0v) is 17.1. The Balaban J connectivity index is 2.22. The molecule has 0 saturated carbocycles. The van der Waals surface area contributed by atoms with Crippen LogP contribution in [0.5, 0.6) is 0 Å². The van der Waals surface area contributed by atoms with Crippen molar-refractivity contribution in [1.29, 1.82) is 0 Å². The molecule has 0 radical (unpaired) electrons. The Morgan fingerprint density at radius 1 is 1.00 bits per heavy atom. The predicted octanol–water partition coefficient (Wildman–Crippen LogP) is 4.21.